The molecule has 1 aliphatic carbocycles. The van der Waals surface area contributed by atoms with Crippen LogP contribution in [0.2, 0.25) is 0 Å². The zero-order valence-electron chi connectivity index (χ0n) is 20.6. The first kappa shape index (κ1) is 24.2. The summed E-state index contributed by atoms with van der Waals surface area (Å²) in [6.07, 6.45) is 5.64. The topological polar surface area (TPSA) is 48.0 Å². The fourth-order valence-electron chi connectivity index (χ4n) is 5.14. The molecule has 3 aromatic rings. The Labute approximate surface area is 211 Å². The van der Waals surface area contributed by atoms with Gasteiger partial charge in [0.15, 0.2) is 0 Å². The molecule has 3 aromatic carbocycles. The average molecular weight is 490 g/mol. The van der Waals surface area contributed by atoms with E-state index in [4.69, 9.17) is 14.2 Å². The Morgan fingerprint density at radius 3 is 2.39 bits per heavy atom. The molecule has 5 rings (SSSR count). The van der Waals surface area contributed by atoms with Crippen molar-refractivity contribution in [2.75, 3.05) is 19.8 Å². The molecule has 1 heterocycles. The van der Waals surface area contributed by atoms with Crippen LogP contribution in [0.15, 0.2) is 66.7 Å². The van der Waals surface area contributed by atoms with Crippen LogP contribution in [0.5, 0.6) is 17.2 Å². The number of carbonyl (C=O) groups is 1. The molecule has 1 unspecified atom stereocenters. The van der Waals surface area contributed by atoms with Crippen molar-refractivity contribution in [2.24, 2.45) is 0 Å². The standard InChI is InChI=1S/C30H32FNO4/c1-2-34-24-10-12-25(13-11-24)35-20-29-28-15-14-27(36-26-8-3-4-9-26)19-21(28)16-17-32(29)30(33)22-6-5-7-23(31)18-22/h5-7,10-15,18-19,26,29H,2-4,8-9,16-17,20H2,1H3. The maximum atomic E-state index is 13.9. The lowest BCUT2D eigenvalue weighted by Gasteiger charge is -2.37. The Morgan fingerprint density at radius 2 is 1.67 bits per heavy atom. The van der Waals surface area contributed by atoms with E-state index in [0.29, 0.717) is 30.9 Å². The zero-order valence-corrected chi connectivity index (χ0v) is 20.6. The van der Waals surface area contributed by atoms with E-state index < -0.39 is 5.82 Å². The predicted molar refractivity (Wildman–Crippen MR) is 136 cm³/mol. The molecule has 36 heavy (non-hydrogen) atoms. The number of ether oxygens (including phenoxy) is 3. The van der Waals surface area contributed by atoms with Gasteiger partial charge >= 0.3 is 0 Å². The second-order valence-electron chi connectivity index (χ2n) is 9.38. The highest BCUT2D eigenvalue weighted by Crippen LogP contribution is 2.35. The van der Waals surface area contributed by atoms with Crippen molar-refractivity contribution >= 4 is 5.91 Å². The average Bonchev–Trinajstić information content (AvgIpc) is 3.41. The van der Waals surface area contributed by atoms with Crippen molar-refractivity contribution < 1.29 is 23.4 Å². The second-order valence-corrected chi connectivity index (χ2v) is 9.38. The lowest BCUT2D eigenvalue weighted by Crippen LogP contribution is -2.42. The highest BCUT2D eigenvalue weighted by atomic mass is 19.1. The molecule has 1 atom stereocenters. The van der Waals surface area contributed by atoms with Crippen LogP contribution in [0.1, 0.15) is 60.1 Å². The fraction of sp³-hybridized carbons (Fsp3) is 0.367. The molecule has 0 bridgehead atoms. The van der Waals surface area contributed by atoms with Crippen molar-refractivity contribution in [2.45, 2.75) is 51.2 Å². The Morgan fingerprint density at radius 1 is 0.944 bits per heavy atom. The molecular formula is C30H32FNO4. The third kappa shape index (κ3) is 5.48. The Balaban J connectivity index is 1.39. The molecule has 1 amide bonds. The highest BCUT2D eigenvalue weighted by molar-refractivity contribution is 5.94. The summed E-state index contributed by atoms with van der Waals surface area (Å²) < 4.78 is 31.8. The largest absolute Gasteiger partial charge is 0.494 e. The molecule has 1 saturated carbocycles. The lowest BCUT2D eigenvalue weighted by molar-refractivity contribution is 0.0589. The Kier molecular flexibility index (Phi) is 7.40. The van der Waals surface area contributed by atoms with E-state index in [1.807, 2.05) is 37.3 Å². The molecule has 0 radical (unpaired) electrons. The van der Waals surface area contributed by atoms with Crippen molar-refractivity contribution in [1.82, 2.24) is 4.90 Å². The molecule has 5 nitrogen and oxygen atoms in total. The monoisotopic (exact) mass is 489 g/mol. The molecule has 188 valence electrons. The van der Waals surface area contributed by atoms with E-state index in [1.165, 1.54) is 25.0 Å². The second kappa shape index (κ2) is 11.0. The summed E-state index contributed by atoms with van der Waals surface area (Å²) in [5, 5.41) is 0. The first-order valence-corrected chi connectivity index (χ1v) is 12.8. The van der Waals surface area contributed by atoms with Gasteiger partial charge in [0, 0.05) is 12.1 Å². The van der Waals surface area contributed by atoms with Crippen LogP contribution in [-0.4, -0.2) is 36.7 Å². The van der Waals surface area contributed by atoms with Crippen molar-refractivity contribution in [3.05, 3.63) is 89.2 Å². The molecule has 2 aliphatic rings. The maximum Gasteiger partial charge on any atom is 0.254 e. The number of carbonyl (C=O) groups excluding carboxylic acids is 1. The van der Waals surface area contributed by atoms with Gasteiger partial charge in [0.05, 0.1) is 18.8 Å². The van der Waals surface area contributed by atoms with E-state index in [0.717, 1.165) is 35.5 Å². The van der Waals surface area contributed by atoms with Crippen molar-refractivity contribution in [3.8, 4) is 17.2 Å². The minimum atomic E-state index is -0.422. The molecule has 0 saturated heterocycles. The van der Waals surface area contributed by atoms with Gasteiger partial charge in [-0.1, -0.05) is 12.1 Å². The molecule has 1 fully saturated rings. The summed E-state index contributed by atoms with van der Waals surface area (Å²) >= 11 is 0. The van der Waals surface area contributed by atoms with Crippen LogP contribution >= 0.6 is 0 Å². The third-order valence-corrected chi connectivity index (χ3v) is 6.95. The van der Waals surface area contributed by atoms with Crippen LogP contribution < -0.4 is 14.2 Å². The maximum absolute atomic E-state index is 13.9. The number of fused-ring (bicyclic) bond motifs is 1. The van der Waals surface area contributed by atoms with Crippen molar-refractivity contribution in [3.63, 3.8) is 0 Å². The predicted octanol–water partition coefficient (Wildman–Crippen LogP) is 6.36. The third-order valence-electron chi connectivity index (χ3n) is 6.95. The molecule has 0 spiro atoms. The quantitative estimate of drug-likeness (QED) is 0.369. The van der Waals surface area contributed by atoms with E-state index >= 15 is 0 Å². The number of rotatable bonds is 8. The first-order chi connectivity index (χ1) is 17.6. The number of nitrogens with zero attached hydrogens (tertiary/aromatic N) is 1. The Hall–Kier alpha value is -3.54. The van der Waals surface area contributed by atoms with Crippen LogP contribution in [0.3, 0.4) is 0 Å². The smallest absolute Gasteiger partial charge is 0.254 e. The van der Waals surface area contributed by atoms with Crippen LogP contribution in [0.25, 0.3) is 0 Å². The highest BCUT2D eigenvalue weighted by Gasteiger charge is 2.32. The van der Waals surface area contributed by atoms with E-state index in [1.54, 1.807) is 17.0 Å². The summed E-state index contributed by atoms with van der Waals surface area (Å²) in [4.78, 5) is 15.3. The molecular weight excluding hydrogens is 457 g/mol. The van der Waals surface area contributed by atoms with Gasteiger partial charge in [-0.05, 0) is 105 Å². The number of hydrogen-bond donors (Lipinski definition) is 0. The summed E-state index contributed by atoms with van der Waals surface area (Å²) in [6, 6.07) is 19.2. The van der Waals surface area contributed by atoms with Crippen LogP contribution in [-0.2, 0) is 6.42 Å². The van der Waals surface area contributed by atoms with Gasteiger partial charge < -0.3 is 19.1 Å². The fourth-order valence-corrected chi connectivity index (χ4v) is 5.14. The van der Waals surface area contributed by atoms with Gasteiger partial charge in [-0.15, -0.1) is 0 Å². The summed E-state index contributed by atoms with van der Waals surface area (Å²) in [5.74, 6) is 1.74. The summed E-state index contributed by atoms with van der Waals surface area (Å²) in [6.45, 7) is 3.35. The Bertz CT molecular complexity index is 1190. The van der Waals surface area contributed by atoms with E-state index in [2.05, 4.69) is 12.1 Å². The minimum Gasteiger partial charge on any atom is -0.494 e. The van der Waals surface area contributed by atoms with Gasteiger partial charge in [0.25, 0.3) is 5.91 Å². The van der Waals surface area contributed by atoms with Gasteiger partial charge in [-0.3, -0.25) is 4.79 Å². The zero-order chi connectivity index (χ0) is 24.9. The van der Waals surface area contributed by atoms with Gasteiger partial charge in [-0.25, -0.2) is 4.39 Å². The van der Waals surface area contributed by atoms with Gasteiger partial charge in [0.2, 0.25) is 0 Å². The van der Waals surface area contributed by atoms with E-state index in [9.17, 15) is 9.18 Å². The number of hydrogen-bond acceptors (Lipinski definition) is 4. The molecule has 0 aromatic heterocycles. The normalized spacial score (nSPS) is 17.5. The molecule has 0 N–H and O–H groups in total. The molecule has 1 aliphatic heterocycles. The van der Waals surface area contributed by atoms with E-state index in [-0.39, 0.29) is 24.7 Å². The number of amides is 1. The lowest BCUT2D eigenvalue weighted by atomic mass is 9.92. The summed E-state index contributed by atoms with van der Waals surface area (Å²) in [5.41, 5.74) is 2.54. The summed E-state index contributed by atoms with van der Waals surface area (Å²) in [7, 11) is 0. The van der Waals surface area contributed by atoms with Gasteiger partial charge in [0.1, 0.15) is 29.7 Å². The minimum absolute atomic E-state index is 0.202. The first-order valence-electron chi connectivity index (χ1n) is 12.8. The van der Waals surface area contributed by atoms with Crippen LogP contribution in [0.4, 0.5) is 4.39 Å². The van der Waals surface area contributed by atoms with Crippen molar-refractivity contribution in [1.29, 1.82) is 0 Å². The van der Waals surface area contributed by atoms with Crippen LogP contribution in [0, 0.1) is 5.82 Å². The SMILES string of the molecule is CCOc1ccc(OCC2c3ccc(OC4CCCC4)cc3CCN2C(=O)c2cccc(F)c2)cc1. The number of halogens is 1. The molecule has 6 heteroatoms. The van der Waals surface area contributed by atoms with Gasteiger partial charge in [-0.2, -0.15) is 0 Å². The number of benzene rings is 3.